The van der Waals surface area contributed by atoms with Crippen molar-refractivity contribution in [3.8, 4) is 0 Å². The normalized spacial score (nSPS) is 12.1. The topological polar surface area (TPSA) is 34.1 Å². The molecule has 1 aromatic rings. The Balaban J connectivity index is 3.35. The Morgan fingerprint density at radius 3 is 2.21 bits per heavy atom. The molecule has 78 valence electrons. The molecule has 2 nitrogen and oxygen atoms in total. The van der Waals surface area contributed by atoms with E-state index in [2.05, 4.69) is 0 Å². The van der Waals surface area contributed by atoms with Crippen LogP contribution in [-0.2, 0) is 9.84 Å². The molecule has 0 aromatic heterocycles. The zero-order valence-electron chi connectivity index (χ0n) is 8.41. The van der Waals surface area contributed by atoms with Crippen molar-refractivity contribution < 1.29 is 8.42 Å². The number of sulfone groups is 1. The minimum atomic E-state index is -3.17. The summed E-state index contributed by atoms with van der Waals surface area (Å²) in [5, 5.41) is 0.469. The lowest BCUT2D eigenvalue weighted by atomic mass is 10.0. The quantitative estimate of drug-likeness (QED) is 0.786. The molecule has 0 amide bonds. The predicted molar refractivity (Wildman–Crippen MR) is 58.7 cm³/mol. The van der Waals surface area contributed by atoms with Gasteiger partial charge in [0.15, 0.2) is 9.84 Å². The maximum Gasteiger partial charge on any atom is 0.175 e. The fourth-order valence-corrected chi connectivity index (χ4v) is 2.13. The van der Waals surface area contributed by atoms with Gasteiger partial charge in [-0.1, -0.05) is 25.4 Å². The van der Waals surface area contributed by atoms with Crippen LogP contribution in [0.25, 0.3) is 0 Å². The van der Waals surface area contributed by atoms with Crippen molar-refractivity contribution in [1.82, 2.24) is 0 Å². The highest BCUT2D eigenvalue weighted by Crippen LogP contribution is 2.23. The minimum absolute atomic E-state index is 0.272. The van der Waals surface area contributed by atoms with E-state index in [0.29, 0.717) is 5.02 Å². The number of rotatable bonds is 2. The van der Waals surface area contributed by atoms with Crippen molar-refractivity contribution in [2.24, 2.45) is 0 Å². The van der Waals surface area contributed by atoms with Crippen LogP contribution < -0.4 is 0 Å². The minimum Gasteiger partial charge on any atom is -0.224 e. The van der Waals surface area contributed by atoms with Crippen LogP contribution in [0.3, 0.4) is 0 Å². The Bertz CT molecular complexity index is 435. The molecule has 0 aliphatic rings. The standard InChI is InChI=1S/C10H13ClO2S/c1-7(2)8-4-9(11)6-10(5-8)14(3,12)13/h4-7H,1-3H3. The van der Waals surface area contributed by atoms with E-state index in [1.54, 1.807) is 12.1 Å². The molecule has 0 bridgehead atoms. The number of hydrogen-bond donors (Lipinski definition) is 0. The van der Waals surface area contributed by atoms with Crippen molar-refractivity contribution in [3.05, 3.63) is 28.8 Å². The average molecular weight is 233 g/mol. The van der Waals surface area contributed by atoms with Gasteiger partial charge in [0.25, 0.3) is 0 Å². The fourth-order valence-electron chi connectivity index (χ4n) is 1.13. The lowest BCUT2D eigenvalue weighted by Gasteiger charge is -2.08. The first-order valence-corrected chi connectivity index (χ1v) is 6.58. The molecule has 14 heavy (non-hydrogen) atoms. The summed E-state index contributed by atoms with van der Waals surface area (Å²) in [5.41, 5.74) is 0.943. The first-order valence-electron chi connectivity index (χ1n) is 4.31. The molecule has 0 saturated heterocycles. The van der Waals surface area contributed by atoms with E-state index in [4.69, 9.17) is 11.6 Å². The van der Waals surface area contributed by atoms with Gasteiger partial charge in [-0.05, 0) is 29.7 Å². The molecule has 0 saturated carbocycles. The zero-order valence-corrected chi connectivity index (χ0v) is 9.98. The molecule has 0 aliphatic heterocycles. The molecular weight excluding hydrogens is 220 g/mol. The predicted octanol–water partition coefficient (Wildman–Crippen LogP) is 2.87. The summed E-state index contributed by atoms with van der Waals surface area (Å²) in [4.78, 5) is 0.286. The summed E-state index contributed by atoms with van der Waals surface area (Å²) in [6.07, 6.45) is 1.18. The Morgan fingerprint density at radius 1 is 1.21 bits per heavy atom. The molecule has 0 radical (unpaired) electrons. The highest BCUT2D eigenvalue weighted by atomic mass is 35.5. The van der Waals surface area contributed by atoms with E-state index in [1.165, 1.54) is 12.3 Å². The van der Waals surface area contributed by atoms with Gasteiger partial charge in [0, 0.05) is 11.3 Å². The second-order valence-electron chi connectivity index (χ2n) is 3.65. The van der Waals surface area contributed by atoms with Gasteiger partial charge in [0.2, 0.25) is 0 Å². The third-order valence-electron chi connectivity index (χ3n) is 1.99. The summed E-state index contributed by atoms with van der Waals surface area (Å²) >= 11 is 5.84. The number of halogens is 1. The van der Waals surface area contributed by atoms with Crippen molar-refractivity contribution in [2.75, 3.05) is 6.26 Å². The maximum atomic E-state index is 11.3. The van der Waals surface area contributed by atoms with Crippen molar-refractivity contribution in [1.29, 1.82) is 0 Å². The van der Waals surface area contributed by atoms with E-state index in [9.17, 15) is 8.42 Å². The average Bonchev–Trinajstić information content (AvgIpc) is 2.01. The maximum absolute atomic E-state index is 11.3. The Labute approximate surface area is 89.8 Å². The molecule has 0 N–H and O–H groups in total. The summed E-state index contributed by atoms with van der Waals surface area (Å²) in [5.74, 6) is 0.272. The van der Waals surface area contributed by atoms with Crippen LogP contribution in [0.5, 0.6) is 0 Å². The molecule has 0 heterocycles. The highest BCUT2D eigenvalue weighted by Gasteiger charge is 2.10. The van der Waals surface area contributed by atoms with Crippen LogP contribution in [0.4, 0.5) is 0 Å². The summed E-state index contributed by atoms with van der Waals surface area (Å²) in [6, 6.07) is 4.94. The second-order valence-corrected chi connectivity index (χ2v) is 6.10. The zero-order chi connectivity index (χ0) is 10.9. The van der Waals surface area contributed by atoms with Crippen molar-refractivity contribution >= 4 is 21.4 Å². The van der Waals surface area contributed by atoms with Gasteiger partial charge in [-0.25, -0.2) is 8.42 Å². The molecule has 1 rings (SSSR count). The van der Waals surface area contributed by atoms with Crippen LogP contribution in [0.1, 0.15) is 25.3 Å². The van der Waals surface area contributed by atoms with E-state index in [1.807, 2.05) is 13.8 Å². The van der Waals surface area contributed by atoms with Gasteiger partial charge in [0.05, 0.1) is 4.90 Å². The third-order valence-corrected chi connectivity index (χ3v) is 3.30. The molecule has 0 atom stereocenters. The lowest BCUT2D eigenvalue weighted by Crippen LogP contribution is -1.99. The Kier molecular flexibility index (Phi) is 3.22. The largest absolute Gasteiger partial charge is 0.224 e. The van der Waals surface area contributed by atoms with E-state index >= 15 is 0 Å². The highest BCUT2D eigenvalue weighted by molar-refractivity contribution is 7.90. The first-order chi connectivity index (χ1) is 6.30. The molecule has 0 spiro atoms. The third kappa shape index (κ3) is 2.72. The van der Waals surface area contributed by atoms with Crippen LogP contribution in [0.2, 0.25) is 5.02 Å². The SMILES string of the molecule is CC(C)c1cc(Cl)cc(S(C)(=O)=O)c1. The van der Waals surface area contributed by atoms with Gasteiger partial charge >= 0.3 is 0 Å². The Hall–Kier alpha value is -0.540. The van der Waals surface area contributed by atoms with Gasteiger partial charge in [-0.2, -0.15) is 0 Å². The van der Waals surface area contributed by atoms with Gasteiger partial charge in [0.1, 0.15) is 0 Å². The van der Waals surface area contributed by atoms with Crippen LogP contribution in [-0.4, -0.2) is 14.7 Å². The Morgan fingerprint density at radius 2 is 1.79 bits per heavy atom. The molecule has 4 heteroatoms. The number of hydrogen-bond acceptors (Lipinski definition) is 2. The summed E-state index contributed by atoms with van der Waals surface area (Å²) in [7, 11) is -3.17. The van der Waals surface area contributed by atoms with Crippen molar-refractivity contribution in [3.63, 3.8) is 0 Å². The van der Waals surface area contributed by atoms with Gasteiger partial charge in [-0.15, -0.1) is 0 Å². The molecule has 0 unspecified atom stereocenters. The van der Waals surface area contributed by atoms with Gasteiger partial charge < -0.3 is 0 Å². The number of benzene rings is 1. The van der Waals surface area contributed by atoms with Crippen LogP contribution in [0, 0.1) is 0 Å². The monoisotopic (exact) mass is 232 g/mol. The molecular formula is C10H13ClO2S. The van der Waals surface area contributed by atoms with Crippen LogP contribution in [0.15, 0.2) is 23.1 Å². The molecule has 1 aromatic carbocycles. The van der Waals surface area contributed by atoms with Gasteiger partial charge in [-0.3, -0.25) is 0 Å². The molecule has 0 aliphatic carbocycles. The lowest BCUT2D eigenvalue weighted by molar-refractivity contribution is 0.601. The summed E-state index contributed by atoms with van der Waals surface area (Å²) in [6.45, 7) is 4.00. The van der Waals surface area contributed by atoms with Crippen molar-refractivity contribution in [2.45, 2.75) is 24.7 Å². The van der Waals surface area contributed by atoms with E-state index < -0.39 is 9.84 Å². The second kappa shape index (κ2) is 3.91. The summed E-state index contributed by atoms with van der Waals surface area (Å²) < 4.78 is 22.6. The smallest absolute Gasteiger partial charge is 0.175 e. The first kappa shape index (κ1) is 11.5. The van der Waals surface area contributed by atoms with E-state index in [-0.39, 0.29) is 10.8 Å². The molecule has 0 fully saturated rings. The fraction of sp³-hybridized carbons (Fsp3) is 0.400. The van der Waals surface area contributed by atoms with Crippen LogP contribution >= 0.6 is 11.6 Å². The van der Waals surface area contributed by atoms with E-state index in [0.717, 1.165) is 5.56 Å².